The average molecular weight is 317 g/mol. The van der Waals surface area contributed by atoms with Crippen molar-refractivity contribution < 1.29 is 14.6 Å². The summed E-state index contributed by atoms with van der Waals surface area (Å²) in [6.45, 7) is 4.62. The molecule has 0 amide bonds. The number of fused-ring (bicyclic) bond motifs is 1. The number of aryl methyl sites for hydroxylation is 1. The van der Waals surface area contributed by atoms with Crippen LogP contribution in [0.15, 0.2) is 24.5 Å². The fourth-order valence-electron chi connectivity index (χ4n) is 3.22. The van der Waals surface area contributed by atoms with Gasteiger partial charge in [0.25, 0.3) is 0 Å². The van der Waals surface area contributed by atoms with Gasteiger partial charge in [-0.15, -0.1) is 0 Å². The van der Waals surface area contributed by atoms with E-state index in [0.717, 1.165) is 43.8 Å². The first kappa shape index (κ1) is 16.0. The van der Waals surface area contributed by atoms with Gasteiger partial charge in [-0.25, -0.2) is 9.78 Å². The third kappa shape index (κ3) is 3.38. The number of aliphatic hydroxyl groups excluding tert-OH is 1. The number of nitrogens with zero attached hydrogens (tertiary/aromatic N) is 3. The Hall–Kier alpha value is -1.92. The Bertz CT molecular complexity index is 689. The van der Waals surface area contributed by atoms with Crippen molar-refractivity contribution in [3.63, 3.8) is 0 Å². The van der Waals surface area contributed by atoms with Crippen molar-refractivity contribution in [3.8, 4) is 0 Å². The second-order valence-corrected chi connectivity index (χ2v) is 6.27. The van der Waals surface area contributed by atoms with E-state index in [-0.39, 0.29) is 5.92 Å². The molecule has 1 aliphatic heterocycles. The van der Waals surface area contributed by atoms with E-state index < -0.39 is 12.1 Å². The van der Waals surface area contributed by atoms with Crippen LogP contribution >= 0.6 is 0 Å². The molecular formula is C17H23N3O3. The summed E-state index contributed by atoms with van der Waals surface area (Å²) in [7, 11) is 1.31. The zero-order valence-electron chi connectivity index (χ0n) is 13.6. The fraction of sp³-hybridized carbons (Fsp3) is 0.529. The second kappa shape index (κ2) is 6.68. The van der Waals surface area contributed by atoms with Gasteiger partial charge in [-0.3, -0.25) is 4.90 Å². The highest BCUT2D eigenvalue weighted by Gasteiger charge is 2.30. The summed E-state index contributed by atoms with van der Waals surface area (Å²) in [5.74, 6) is -0.538. The van der Waals surface area contributed by atoms with Crippen LogP contribution in [0.1, 0.15) is 24.1 Å². The minimum Gasteiger partial charge on any atom is -0.467 e. The number of rotatable bonds is 4. The van der Waals surface area contributed by atoms with Gasteiger partial charge < -0.3 is 14.2 Å². The maximum atomic E-state index is 11.4. The highest BCUT2D eigenvalue weighted by molar-refractivity contribution is 5.74. The number of hydrogen-bond acceptors (Lipinski definition) is 5. The largest absolute Gasteiger partial charge is 0.467 e. The number of carbonyl (C=O) groups is 1. The van der Waals surface area contributed by atoms with E-state index >= 15 is 0 Å². The van der Waals surface area contributed by atoms with E-state index in [9.17, 15) is 9.90 Å². The Morgan fingerprint density at radius 1 is 1.43 bits per heavy atom. The lowest BCUT2D eigenvalue weighted by atomic mass is 9.91. The molecule has 3 rings (SSSR count). The number of carbonyl (C=O) groups excluding carboxylic acids is 1. The Labute approximate surface area is 135 Å². The first-order chi connectivity index (χ1) is 11.1. The summed E-state index contributed by atoms with van der Waals surface area (Å²) in [4.78, 5) is 18.2. The molecule has 1 aliphatic rings. The molecule has 6 nitrogen and oxygen atoms in total. The number of aromatic nitrogens is 2. The van der Waals surface area contributed by atoms with Crippen molar-refractivity contribution >= 4 is 11.6 Å². The smallest absolute Gasteiger partial charge is 0.334 e. The zero-order valence-corrected chi connectivity index (χ0v) is 13.6. The molecule has 2 aromatic heterocycles. The van der Waals surface area contributed by atoms with Gasteiger partial charge in [0.15, 0.2) is 6.10 Å². The molecule has 3 heterocycles. The van der Waals surface area contributed by atoms with Gasteiger partial charge in [-0.05, 0) is 50.4 Å². The third-order valence-electron chi connectivity index (χ3n) is 4.64. The molecule has 0 radical (unpaired) electrons. The van der Waals surface area contributed by atoms with E-state index in [2.05, 4.69) is 38.2 Å². The number of esters is 1. The van der Waals surface area contributed by atoms with Gasteiger partial charge in [-0.1, -0.05) is 6.07 Å². The maximum Gasteiger partial charge on any atom is 0.334 e. The van der Waals surface area contributed by atoms with Crippen molar-refractivity contribution in [1.82, 2.24) is 14.3 Å². The van der Waals surface area contributed by atoms with Crippen molar-refractivity contribution in [2.45, 2.75) is 32.4 Å². The lowest BCUT2D eigenvalue weighted by Crippen LogP contribution is -2.40. The molecule has 2 aromatic rings. The fourth-order valence-corrected chi connectivity index (χ4v) is 3.22. The van der Waals surface area contributed by atoms with Crippen LogP contribution in [0.5, 0.6) is 0 Å². The molecule has 124 valence electrons. The zero-order chi connectivity index (χ0) is 16.4. The summed E-state index contributed by atoms with van der Waals surface area (Å²) < 4.78 is 6.75. The first-order valence-electron chi connectivity index (χ1n) is 7.99. The quantitative estimate of drug-likeness (QED) is 0.863. The molecule has 1 N–H and O–H groups in total. The molecule has 1 atom stereocenters. The third-order valence-corrected chi connectivity index (χ3v) is 4.64. The minimum atomic E-state index is -0.999. The number of ether oxygens (including phenoxy) is 1. The van der Waals surface area contributed by atoms with E-state index in [4.69, 9.17) is 0 Å². The van der Waals surface area contributed by atoms with Crippen LogP contribution in [-0.2, 0) is 16.1 Å². The topological polar surface area (TPSA) is 67.1 Å². The van der Waals surface area contributed by atoms with Gasteiger partial charge in [0.05, 0.1) is 19.0 Å². The van der Waals surface area contributed by atoms with Crippen molar-refractivity contribution in [2.24, 2.45) is 5.92 Å². The van der Waals surface area contributed by atoms with E-state index in [1.807, 2.05) is 12.3 Å². The number of hydrogen-bond donors (Lipinski definition) is 1. The van der Waals surface area contributed by atoms with Crippen LogP contribution in [0.4, 0.5) is 0 Å². The van der Waals surface area contributed by atoms with Crippen LogP contribution in [0.2, 0.25) is 0 Å². The summed E-state index contributed by atoms with van der Waals surface area (Å²) in [6, 6.07) is 4.09. The molecule has 1 unspecified atom stereocenters. The van der Waals surface area contributed by atoms with Gasteiger partial charge in [0.2, 0.25) is 0 Å². The average Bonchev–Trinajstić information content (AvgIpc) is 2.96. The number of imidazole rings is 1. The first-order valence-corrected chi connectivity index (χ1v) is 7.99. The highest BCUT2D eigenvalue weighted by Crippen LogP contribution is 2.23. The van der Waals surface area contributed by atoms with Crippen molar-refractivity contribution in [1.29, 1.82) is 0 Å². The number of piperidine rings is 1. The number of pyridine rings is 1. The summed E-state index contributed by atoms with van der Waals surface area (Å²) in [5, 5.41) is 9.95. The Morgan fingerprint density at radius 3 is 2.87 bits per heavy atom. The standard InChI is InChI=1S/C17H23N3O3/c1-12-3-4-15-18-9-14(20(15)10-12)11-19-7-5-13(6-8-19)16(21)17(22)23-2/h3-4,9-10,13,16,21H,5-8,11H2,1-2H3. The van der Waals surface area contributed by atoms with Crippen LogP contribution in [0.3, 0.4) is 0 Å². The molecule has 23 heavy (non-hydrogen) atoms. The Kier molecular flexibility index (Phi) is 4.63. The molecule has 0 aliphatic carbocycles. The van der Waals surface area contributed by atoms with Gasteiger partial charge in [0, 0.05) is 12.7 Å². The molecule has 1 fully saturated rings. The molecule has 6 heteroatoms. The molecule has 0 aromatic carbocycles. The van der Waals surface area contributed by atoms with Gasteiger partial charge >= 0.3 is 5.97 Å². The van der Waals surface area contributed by atoms with Gasteiger partial charge in [0.1, 0.15) is 5.65 Å². The lowest BCUT2D eigenvalue weighted by Gasteiger charge is -2.33. The second-order valence-electron chi connectivity index (χ2n) is 6.27. The summed E-state index contributed by atoms with van der Waals surface area (Å²) in [6.07, 6.45) is 4.62. The van der Waals surface area contributed by atoms with E-state index in [0.29, 0.717) is 0 Å². The van der Waals surface area contributed by atoms with Crippen molar-refractivity contribution in [2.75, 3.05) is 20.2 Å². The Morgan fingerprint density at radius 2 is 2.17 bits per heavy atom. The number of likely N-dealkylation sites (tertiary alicyclic amines) is 1. The van der Waals surface area contributed by atoms with Crippen LogP contribution < -0.4 is 0 Å². The predicted octanol–water partition coefficient (Wildman–Crippen LogP) is 1.39. The minimum absolute atomic E-state index is 0.0110. The lowest BCUT2D eigenvalue weighted by molar-refractivity contribution is -0.154. The maximum absolute atomic E-state index is 11.4. The molecule has 0 saturated carbocycles. The van der Waals surface area contributed by atoms with Crippen LogP contribution in [0, 0.1) is 12.8 Å². The molecule has 1 saturated heterocycles. The normalized spacial score (nSPS) is 18.2. The predicted molar refractivity (Wildman–Crippen MR) is 86.0 cm³/mol. The van der Waals surface area contributed by atoms with Crippen LogP contribution in [-0.4, -0.2) is 51.7 Å². The van der Waals surface area contributed by atoms with Crippen LogP contribution in [0.25, 0.3) is 5.65 Å². The Balaban J connectivity index is 1.62. The summed E-state index contributed by atoms with van der Waals surface area (Å²) >= 11 is 0. The molecular weight excluding hydrogens is 294 g/mol. The number of methoxy groups -OCH3 is 1. The monoisotopic (exact) mass is 317 g/mol. The SMILES string of the molecule is COC(=O)C(O)C1CCN(Cc2cnc3ccc(C)cn23)CC1. The number of aliphatic hydroxyl groups is 1. The van der Waals surface area contributed by atoms with E-state index in [1.54, 1.807) is 0 Å². The van der Waals surface area contributed by atoms with E-state index in [1.165, 1.54) is 12.7 Å². The molecule has 0 spiro atoms. The van der Waals surface area contributed by atoms with Gasteiger partial charge in [-0.2, -0.15) is 0 Å². The van der Waals surface area contributed by atoms with Crippen molar-refractivity contribution in [3.05, 3.63) is 35.8 Å². The summed E-state index contributed by atoms with van der Waals surface area (Å²) in [5.41, 5.74) is 3.33. The molecule has 0 bridgehead atoms. The highest BCUT2D eigenvalue weighted by atomic mass is 16.5.